The standard InChI is InChI=1S/C16H22N2O2.ClH/c17-13-5-2-1-4-12(13)8-9-16(19)18-10-11-20-15-7-3-6-14(15)18;/h1-2,4-5,14-15H,3,6-11,17H2;1H. The molecule has 2 unspecified atom stereocenters. The van der Waals surface area contributed by atoms with Gasteiger partial charge in [0, 0.05) is 18.7 Å². The van der Waals surface area contributed by atoms with Crippen LogP contribution in [0, 0.1) is 0 Å². The van der Waals surface area contributed by atoms with Crippen LogP contribution in [-0.4, -0.2) is 36.1 Å². The maximum absolute atomic E-state index is 12.5. The molecular formula is C16H23ClN2O2. The van der Waals surface area contributed by atoms with Gasteiger partial charge >= 0.3 is 0 Å². The topological polar surface area (TPSA) is 55.6 Å². The number of carbonyl (C=O) groups excluding carboxylic acids is 1. The number of fused-ring (bicyclic) bond motifs is 1. The van der Waals surface area contributed by atoms with Gasteiger partial charge in [-0.25, -0.2) is 0 Å². The van der Waals surface area contributed by atoms with Crippen LogP contribution in [0.1, 0.15) is 31.2 Å². The quantitative estimate of drug-likeness (QED) is 0.872. The summed E-state index contributed by atoms with van der Waals surface area (Å²) in [6, 6.07) is 8.09. The number of amides is 1. The van der Waals surface area contributed by atoms with E-state index >= 15 is 0 Å². The largest absolute Gasteiger partial charge is 0.399 e. The number of carbonyl (C=O) groups is 1. The molecule has 2 aliphatic rings. The van der Waals surface area contributed by atoms with Gasteiger partial charge in [-0.1, -0.05) is 18.2 Å². The highest BCUT2D eigenvalue weighted by atomic mass is 35.5. The molecule has 0 radical (unpaired) electrons. The lowest BCUT2D eigenvalue weighted by Crippen LogP contribution is -2.51. The van der Waals surface area contributed by atoms with Crippen molar-refractivity contribution in [2.24, 2.45) is 0 Å². The molecule has 5 heteroatoms. The number of aryl methyl sites for hydroxylation is 1. The number of hydrogen-bond donors (Lipinski definition) is 1. The van der Waals surface area contributed by atoms with Crippen molar-refractivity contribution in [3.8, 4) is 0 Å². The minimum atomic E-state index is 0. The number of morpholine rings is 1. The van der Waals surface area contributed by atoms with Crippen LogP contribution >= 0.6 is 12.4 Å². The minimum Gasteiger partial charge on any atom is -0.399 e. The summed E-state index contributed by atoms with van der Waals surface area (Å²) in [6.07, 6.45) is 4.89. The van der Waals surface area contributed by atoms with Gasteiger partial charge in [0.15, 0.2) is 0 Å². The van der Waals surface area contributed by atoms with Crippen LogP contribution in [0.4, 0.5) is 5.69 Å². The van der Waals surface area contributed by atoms with Crippen molar-refractivity contribution in [1.29, 1.82) is 0 Å². The Morgan fingerprint density at radius 1 is 1.33 bits per heavy atom. The van der Waals surface area contributed by atoms with Gasteiger partial charge in [-0.2, -0.15) is 0 Å². The van der Waals surface area contributed by atoms with Crippen LogP contribution in [0.15, 0.2) is 24.3 Å². The van der Waals surface area contributed by atoms with Crippen molar-refractivity contribution in [3.63, 3.8) is 0 Å². The van der Waals surface area contributed by atoms with Gasteiger partial charge in [-0.15, -0.1) is 12.4 Å². The fraction of sp³-hybridized carbons (Fsp3) is 0.562. The fourth-order valence-corrected chi connectivity index (χ4v) is 3.38. The Bertz CT molecular complexity index is 495. The number of nitrogen functional groups attached to an aromatic ring is 1. The molecule has 116 valence electrons. The number of rotatable bonds is 3. The first-order valence-corrected chi connectivity index (χ1v) is 7.50. The molecule has 4 nitrogen and oxygen atoms in total. The van der Waals surface area contributed by atoms with E-state index in [0.717, 1.165) is 37.1 Å². The molecule has 1 aromatic rings. The number of nitrogens with two attached hydrogens (primary N) is 1. The van der Waals surface area contributed by atoms with E-state index in [1.54, 1.807) is 0 Å². The van der Waals surface area contributed by atoms with Crippen molar-refractivity contribution in [3.05, 3.63) is 29.8 Å². The second kappa shape index (κ2) is 7.14. The van der Waals surface area contributed by atoms with Gasteiger partial charge in [-0.05, 0) is 37.3 Å². The number of nitrogens with zero attached hydrogens (tertiary/aromatic N) is 1. The lowest BCUT2D eigenvalue weighted by molar-refractivity contribution is -0.143. The van der Waals surface area contributed by atoms with E-state index in [9.17, 15) is 4.79 Å². The number of ether oxygens (including phenoxy) is 1. The van der Waals surface area contributed by atoms with Crippen LogP contribution in [0.3, 0.4) is 0 Å². The van der Waals surface area contributed by atoms with Gasteiger partial charge in [-0.3, -0.25) is 4.79 Å². The molecule has 1 amide bonds. The summed E-state index contributed by atoms with van der Waals surface area (Å²) in [4.78, 5) is 14.5. The Morgan fingerprint density at radius 2 is 2.14 bits per heavy atom. The van der Waals surface area contributed by atoms with Crippen LogP contribution in [-0.2, 0) is 16.0 Å². The first kappa shape index (κ1) is 16.1. The molecule has 2 atom stereocenters. The Balaban J connectivity index is 0.00000161. The predicted molar refractivity (Wildman–Crippen MR) is 85.5 cm³/mol. The zero-order valence-electron chi connectivity index (χ0n) is 12.2. The highest BCUT2D eigenvalue weighted by molar-refractivity contribution is 5.85. The predicted octanol–water partition coefficient (Wildman–Crippen LogP) is 2.40. The van der Waals surface area contributed by atoms with Crippen molar-refractivity contribution in [2.45, 2.75) is 44.2 Å². The zero-order chi connectivity index (χ0) is 13.9. The Hall–Kier alpha value is -1.26. The third-order valence-electron chi connectivity index (χ3n) is 4.47. The van der Waals surface area contributed by atoms with E-state index in [1.165, 1.54) is 6.42 Å². The van der Waals surface area contributed by atoms with Crippen LogP contribution in [0.5, 0.6) is 0 Å². The van der Waals surface area contributed by atoms with E-state index in [1.807, 2.05) is 29.2 Å². The number of benzene rings is 1. The maximum atomic E-state index is 12.5. The SMILES string of the molecule is Cl.Nc1ccccc1CCC(=O)N1CCOC2CCCC21. The Kier molecular flexibility index (Phi) is 5.48. The second-order valence-corrected chi connectivity index (χ2v) is 5.69. The lowest BCUT2D eigenvalue weighted by atomic mass is 10.1. The highest BCUT2D eigenvalue weighted by Gasteiger charge is 2.37. The van der Waals surface area contributed by atoms with E-state index in [-0.39, 0.29) is 24.4 Å². The van der Waals surface area contributed by atoms with Gasteiger partial charge < -0.3 is 15.4 Å². The Labute approximate surface area is 132 Å². The van der Waals surface area contributed by atoms with Crippen molar-refractivity contribution in [1.82, 2.24) is 4.90 Å². The minimum absolute atomic E-state index is 0. The number of anilines is 1. The molecule has 1 aromatic carbocycles. The van der Waals surface area contributed by atoms with Crippen LogP contribution in [0.25, 0.3) is 0 Å². The summed E-state index contributed by atoms with van der Waals surface area (Å²) < 4.78 is 5.75. The molecule has 0 bridgehead atoms. The molecule has 1 heterocycles. The molecule has 1 saturated carbocycles. The molecule has 3 rings (SSSR count). The summed E-state index contributed by atoms with van der Waals surface area (Å²) in [5.74, 6) is 0.244. The van der Waals surface area contributed by atoms with E-state index in [0.29, 0.717) is 19.1 Å². The number of para-hydroxylation sites is 1. The zero-order valence-corrected chi connectivity index (χ0v) is 13.0. The molecule has 2 N–H and O–H groups in total. The first-order chi connectivity index (χ1) is 9.75. The molecule has 0 spiro atoms. The normalized spacial score (nSPS) is 24.3. The average Bonchev–Trinajstić information content (AvgIpc) is 2.94. The summed E-state index contributed by atoms with van der Waals surface area (Å²) in [5.41, 5.74) is 7.77. The van der Waals surface area contributed by atoms with E-state index < -0.39 is 0 Å². The summed E-state index contributed by atoms with van der Waals surface area (Å²) in [6.45, 7) is 1.42. The third kappa shape index (κ3) is 3.50. The first-order valence-electron chi connectivity index (χ1n) is 7.50. The fourth-order valence-electron chi connectivity index (χ4n) is 3.38. The smallest absolute Gasteiger partial charge is 0.223 e. The Morgan fingerprint density at radius 3 is 2.95 bits per heavy atom. The summed E-state index contributed by atoms with van der Waals surface area (Å²) in [5, 5.41) is 0. The molecule has 21 heavy (non-hydrogen) atoms. The van der Waals surface area contributed by atoms with Gasteiger partial charge in [0.1, 0.15) is 0 Å². The van der Waals surface area contributed by atoms with E-state index in [2.05, 4.69) is 0 Å². The van der Waals surface area contributed by atoms with Crippen molar-refractivity contribution >= 4 is 24.0 Å². The molecule has 1 aliphatic carbocycles. The van der Waals surface area contributed by atoms with Gasteiger partial charge in [0.2, 0.25) is 5.91 Å². The summed E-state index contributed by atoms with van der Waals surface area (Å²) >= 11 is 0. The average molecular weight is 311 g/mol. The third-order valence-corrected chi connectivity index (χ3v) is 4.47. The van der Waals surface area contributed by atoms with E-state index in [4.69, 9.17) is 10.5 Å². The molecule has 2 fully saturated rings. The molecule has 1 aliphatic heterocycles. The molecule has 0 aromatic heterocycles. The second-order valence-electron chi connectivity index (χ2n) is 5.69. The van der Waals surface area contributed by atoms with Gasteiger partial charge in [0.25, 0.3) is 0 Å². The van der Waals surface area contributed by atoms with Crippen LogP contribution < -0.4 is 5.73 Å². The lowest BCUT2D eigenvalue weighted by Gasteiger charge is -2.37. The van der Waals surface area contributed by atoms with Crippen LogP contribution in [0.2, 0.25) is 0 Å². The monoisotopic (exact) mass is 310 g/mol. The number of hydrogen-bond acceptors (Lipinski definition) is 3. The summed E-state index contributed by atoms with van der Waals surface area (Å²) in [7, 11) is 0. The highest BCUT2D eigenvalue weighted by Crippen LogP contribution is 2.30. The van der Waals surface area contributed by atoms with Crippen molar-refractivity contribution < 1.29 is 9.53 Å². The van der Waals surface area contributed by atoms with Gasteiger partial charge in [0.05, 0.1) is 18.8 Å². The maximum Gasteiger partial charge on any atom is 0.223 e. The molecule has 1 saturated heterocycles. The number of halogens is 1. The van der Waals surface area contributed by atoms with Crippen molar-refractivity contribution in [2.75, 3.05) is 18.9 Å². The molecular weight excluding hydrogens is 288 g/mol.